The number of hydrogen-bond acceptors (Lipinski definition) is 5. The Hall–Kier alpha value is -3.15. The first-order chi connectivity index (χ1) is 12.9. The minimum Gasteiger partial charge on any atom is -0.481 e. The molecule has 0 saturated heterocycles. The second-order valence-corrected chi connectivity index (χ2v) is 6.68. The van der Waals surface area contributed by atoms with Crippen molar-refractivity contribution in [2.24, 2.45) is 0 Å². The van der Waals surface area contributed by atoms with E-state index in [-0.39, 0.29) is 12.5 Å². The van der Waals surface area contributed by atoms with Gasteiger partial charge in [-0.1, -0.05) is 35.0 Å². The van der Waals surface area contributed by atoms with Crippen LogP contribution in [0.5, 0.6) is 5.75 Å². The first-order valence-corrected chi connectivity index (χ1v) is 8.83. The topological polar surface area (TPSA) is 77.2 Å². The van der Waals surface area contributed by atoms with Crippen LogP contribution >= 0.6 is 0 Å². The molecule has 1 aromatic heterocycles. The summed E-state index contributed by atoms with van der Waals surface area (Å²) in [4.78, 5) is 16.6. The number of nitrogens with zero attached hydrogens (tertiary/aromatic N) is 2. The van der Waals surface area contributed by atoms with Crippen molar-refractivity contribution < 1.29 is 14.1 Å². The van der Waals surface area contributed by atoms with Crippen LogP contribution in [-0.4, -0.2) is 22.2 Å². The molecule has 1 atom stereocenters. The summed E-state index contributed by atoms with van der Waals surface area (Å²) in [5, 5.41) is 6.73. The van der Waals surface area contributed by atoms with Gasteiger partial charge < -0.3 is 14.6 Å². The highest BCUT2D eigenvalue weighted by Gasteiger charge is 2.16. The summed E-state index contributed by atoms with van der Waals surface area (Å²) >= 11 is 0. The van der Waals surface area contributed by atoms with E-state index in [1.807, 2.05) is 57.2 Å². The predicted octanol–water partition coefficient (Wildman–Crippen LogP) is 3.75. The monoisotopic (exact) mass is 365 g/mol. The molecule has 0 fully saturated rings. The fraction of sp³-hybridized carbons (Fsp3) is 0.286. The van der Waals surface area contributed by atoms with Crippen molar-refractivity contribution in [1.29, 1.82) is 0 Å². The molecule has 0 bridgehead atoms. The number of carbonyl (C=O) groups is 1. The Morgan fingerprint density at radius 2 is 1.85 bits per heavy atom. The van der Waals surface area contributed by atoms with Crippen LogP contribution in [0.15, 0.2) is 47.0 Å². The highest BCUT2D eigenvalue weighted by atomic mass is 16.5. The highest BCUT2D eigenvalue weighted by molar-refractivity contribution is 5.80. The van der Waals surface area contributed by atoms with Gasteiger partial charge in [-0.3, -0.25) is 4.79 Å². The lowest BCUT2D eigenvalue weighted by Gasteiger charge is -2.15. The van der Waals surface area contributed by atoms with Gasteiger partial charge in [0.1, 0.15) is 5.75 Å². The van der Waals surface area contributed by atoms with E-state index < -0.39 is 6.10 Å². The molecular formula is C21H23N3O3. The minimum atomic E-state index is -0.634. The Morgan fingerprint density at radius 3 is 2.56 bits per heavy atom. The van der Waals surface area contributed by atoms with Crippen molar-refractivity contribution in [2.75, 3.05) is 0 Å². The normalized spacial score (nSPS) is 11.9. The molecule has 1 heterocycles. The molecule has 0 saturated carbocycles. The Kier molecular flexibility index (Phi) is 5.54. The summed E-state index contributed by atoms with van der Waals surface area (Å²) in [6, 6.07) is 13.7. The van der Waals surface area contributed by atoms with E-state index in [1.54, 1.807) is 6.92 Å². The van der Waals surface area contributed by atoms with Gasteiger partial charge in [-0.15, -0.1) is 0 Å². The Bertz CT molecular complexity index is 929. The van der Waals surface area contributed by atoms with Crippen LogP contribution in [0.4, 0.5) is 0 Å². The summed E-state index contributed by atoms with van der Waals surface area (Å²) in [6.45, 7) is 7.84. The highest BCUT2D eigenvalue weighted by Crippen LogP contribution is 2.18. The summed E-state index contributed by atoms with van der Waals surface area (Å²) in [5.74, 6) is 1.28. The molecule has 0 spiro atoms. The maximum atomic E-state index is 12.3. The molecule has 0 aliphatic rings. The van der Waals surface area contributed by atoms with Gasteiger partial charge in [-0.2, -0.15) is 4.98 Å². The maximum Gasteiger partial charge on any atom is 0.261 e. The number of rotatable bonds is 6. The van der Waals surface area contributed by atoms with Crippen LogP contribution in [0.1, 0.15) is 29.5 Å². The number of benzene rings is 2. The summed E-state index contributed by atoms with van der Waals surface area (Å²) in [7, 11) is 0. The summed E-state index contributed by atoms with van der Waals surface area (Å²) in [6.07, 6.45) is -0.634. The van der Waals surface area contributed by atoms with Crippen molar-refractivity contribution in [2.45, 2.75) is 40.3 Å². The van der Waals surface area contributed by atoms with Gasteiger partial charge in [-0.05, 0) is 57.0 Å². The molecule has 0 aliphatic carbocycles. The first kappa shape index (κ1) is 18.6. The van der Waals surface area contributed by atoms with E-state index in [0.29, 0.717) is 17.5 Å². The van der Waals surface area contributed by atoms with Gasteiger partial charge in [0.25, 0.3) is 5.91 Å². The lowest BCUT2D eigenvalue weighted by Crippen LogP contribution is -2.36. The molecule has 1 amide bonds. The van der Waals surface area contributed by atoms with Crippen LogP contribution in [-0.2, 0) is 11.3 Å². The van der Waals surface area contributed by atoms with Gasteiger partial charge >= 0.3 is 0 Å². The van der Waals surface area contributed by atoms with E-state index in [2.05, 4.69) is 21.5 Å². The molecule has 0 aliphatic heterocycles. The smallest absolute Gasteiger partial charge is 0.261 e. The van der Waals surface area contributed by atoms with Gasteiger partial charge in [-0.25, -0.2) is 0 Å². The molecule has 6 heteroatoms. The number of carbonyl (C=O) groups excluding carboxylic acids is 1. The molecule has 3 aromatic rings. The molecule has 0 radical (unpaired) electrons. The standard InChI is InChI=1S/C21H23N3O3/c1-13-6-5-7-17(9-13)20-23-19(27-24-20)12-22-21(25)16(4)26-18-10-14(2)8-15(3)11-18/h5-11,16H,12H2,1-4H3,(H,22,25). The number of nitrogens with one attached hydrogen (secondary N) is 1. The van der Waals surface area contributed by atoms with Crippen molar-refractivity contribution in [1.82, 2.24) is 15.5 Å². The van der Waals surface area contributed by atoms with Crippen molar-refractivity contribution in [3.05, 3.63) is 65.0 Å². The predicted molar refractivity (Wildman–Crippen MR) is 102 cm³/mol. The third kappa shape index (κ3) is 4.94. The zero-order chi connectivity index (χ0) is 19.4. The quantitative estimate of drug-likeness (QED) is 0.720. The minimum absolute atomic E-state index is 0.151. The molecular weight excluding hydrogens is 342 g/mol. The molecule has 140 valence electrons. The zero-order valence-electron chi connectivity index (χ0n) is 15.9. The average molecular weight is 365 g/mol. The second kappa shape index (κ2) is 8.03. The molecule has 2 aromatic carbocycles. The van der Waals surface area contributed by atoms with Crippen LogP contribution in [0.3, 0.4) is 0 Å². The SMILES string of the molecule is Cc1cc(C)cc(OC(C)C(=O)NCc2nc(-c3cccc(C)c3)no2)c1. The van der Waals surface area contributed by atoms with Crippen LogP contribution in [0, 0.1) is 20.8 Å². The number of ether oxygens (including phenoxy) is 1. The van der Waals surface area contributed by atoms with E-state index in [1.165, 1.54) is 0 Å². The maximum absolute atomic E-state index is 12.3. The Balaban J connectivity index is 1.57. The van der Waals surface area contributed by atoms with Gasteiger partial charge in [0.05, 0.1) is 6.54 Å². The Morgan fingerprint density at radius 1 is 1.11 bits per heavy atom. The first-order valence-electron chi connectivity index (χ1n) is 8.83. The molecule has 27 heavy (non-hydrogen) atoms. The van der Waals surface area contributed by atoms with Crippen molar-refractivity contribution >= 4 is 5.91 Å². The second-order valence-electron chi connectivity index (χ2n) is 6.68. The average Bonchev–Trinajstić information content (AvgIpc) is 3.07. The largest absolute Gasteiger partial charge is 0.481 e. The molecule has 1 unspecified atom stereocenters. The number of aromatic nitrogens is 2. The molecule has 6 nitrogen and oxygen atoms in total. The van der Waals surface area contributed by atoms with E-state index in [0.717, 1.165) is 22.3 Å². The summed E-state index contributed by atoms with van der Waals surface area (Å²) in [5.41, 5.74) is 4.17. The van der Waals surface area contributed by atoms with Gasteiger partial charge in [0.15, 0.2) is 6.10 Å². The number of aryl methyl sites for hydroxylation is 3. The van der Waals surface area contributed by atoms with E-state index in [4.69, 9.17) is 9.26 Å². The summed E-state index contributed by atoms with van der Waals surface area (Å²) < 4.78 is 11.0. The number of hydrogen-bond donors (Lipinski definition) is 1. The van der Waals surface area contributed by atoms with Gasteiger partial charge in [0.2, 0.25) is 11.7 Å². The third-order valence-electron chi connectivity index (χ3n) is 4.04. The van der Waals surface area contributed by atoms with Gasteiger partial charge in [0, 0.05) is 5.56 Å². The lowest BCUT2D eigenvalue weighted by atomic mass is 10.1. The zero-order valence-corrected chi connectivity index (χ0v) is 15.9. The fourth-order valence-electron chi connectivity index (χ4n) is 2.79. The lowest BCUT2D eigenvalue weighted by molar-refractivity contribution is -0.127. The Labute approximate surface area is 158 Å². The van der Waals surface area contributed by atoms with Crippen LogP contribution in [0.25, 0.3) is 11.4 Å². The van der Waals surface area contributed by atoms with Crippen molar-refractivity contribution in [3.63, 3.8) is 0 Å². The van der Waals surface area contributed by atoms with E-state index >= 15 is 0 Å². The van der Waals surface area contributed by atoms with E-state index in [9.17, 15) is 4.79 Å². The van der Waals surface area contributed by atoms with Crippen LogP contribution < -0.4 is 10.1 Å². The van der Waals surface area contributed by atoms with Crippen molar-refractivity contribution in [3.8, 4) is 17.1 Å². The third-order valence-corrected chi connectivity index (χ3v) is 4.04. The number of amides is 1. The fourth-order valence-corrected chi connectivity index (χ4v) is 2.79. The molecule has 1 N–H and O–H groups in total. The van der Waals surface area contributed by atoms with Crippen LogP contribution in [0.2, 0.25) is 0 Å². The molecule has 3 rings (SSSR count).